The van der Waals surface area contributed by atoms with E-state index in [1.54, 1.807) is 7.05 Å². The maximum atomic E-state index is 13.3. The summed E-state index contributed by atoms with van der Waals surface area (Å²) in [6.07, 6.45) is 1.85. The Hall–Kier alpha value is -2.00. The van der Waals surface area contributed by atoms with E-state index >= 15 is 0 Å². The molecule has 0 unspecified atom stereocenters. The van der Waals surface area contributed by atoms with Crippen LogP contribution in [0.2, 0.25) is 0 Å². The molecule has 7 nitrogen and oxygen atoms in total. The molecule has 2 aromatic rings. The number of aromatic nitrogens is 3. The Bertz CT molecular complexity index is 713. The van der Waals surface area contributed by atoms with Crippen LogP contribution in [0.1, 0.15) is 5.82 Å². The average Bonchev–Trinajstić information content (AvgIpc) is 2.78. The quantitative estimate of drug-likeness (QED) is 0.760. The number of rotatable bonds is 5. The fraction of sp³-hybridized carbons (Fsp3) is 0.273. The maximum absolute atomic E-state index is 13.3. The van der Waals surface area contributed by atoms with Gasteiger partial charge in [-0.15, -0.1) is 0 Å². The number of hydrogen-bond acceptors (Lipinski definition) is 5. The molecule has 0 aliphatic heterocycles. The predicted octanol–water partition coefficient (Wildman–Crippen LogP) is 0.0574. The van der Waals surface area contributed by atoms with Gasteiger partial charge in [-0.25, -0.2) is 22.5 Å². The third-order valence-electron chi connectivity index (χ3n) is 2.59. The van der Waals surface area contributed by atoms with Gasteiger partial charge in [0.25, 0.3) is 0 Å². The number of nitrogens with two attached hydrogens (primary N) is 1. The minimum Gasteiger partial charge on any atom is -0.395 e. The molecule has 0 amide bonds. The van der Waals surface area contributed by atoms with Gasteiger partial charge >= 0.3 is 0 Å². The summed E-state index contributed by atoms with van der Waals surface area (Å²) in [6.45, 7) is 0.0995. The number of para-hydroxylation sites is 1. The van der Waals surface area contributed by atoms with Crippen LogP contribution in [0.15, 0.2) is 29.4 Å². The summed E-state index contributed by atoms with van der Waals surface area (Å²) in [5.74, 6) is -0.248. The van der Waals surface area contributed by atoms with Crippen molar-refractivity contribution in [2.24, 2.45) is 7.05 Å². The largest absolute Gasteiger partial charge is 0.395 e. The second kappa shape index (κ2) is 5.55. The zero-order valence-corrected chi connectivity index (χ0v) is 11.6. The van der Waals surface area contributed by atoms with Crippen molar-refractivity contribution in [1.82, 2.24) is 19.5 Å². The number of hydrogen-bond donors (Lipinski definition) is 2. The van der Waals surface area contributed by atoms with E-state index in [2.05, 4.69) is 14.8 Å². The highest BCUT2D eigenvalue weighted by Crippen LogP contribution is 2.20. The molecular weight excluding hydrogens is 285 g/mol. The summed E-state index contributed by atoms with van der Waals surface area (Å²) in [5, 5.41) is 4.02. The van der Waals surface area contributed by atoms with E-state index in [4.69, 9.17) is 5.73 Å². The van der Waals surface area contributed by atoms with Crippen LogP contribution in [0.5, 0.6) is 0 Å². The van der Waals surface area contributed by atoms with E-state index in [0.29, 0.717) is 12.2 Å². The van der Waals surface area contributed by atoms with Gasteiger partial charge in [-0.1, -0.05) is 6.07 Å². The first-order chi connectivity index (χ1) is 9.40. The Morgan fingerprint density at radius 3 is 2.85 bits per heavy atom. The van der Waals surface area contributed by atoms with E-state index in [1.807, 2.05) is 0 Å². The van der Waals surface area contributed by atoms with E-state index in [9.17, 15) is 12.8 Å². The number of nitrogens with one attached hydrogen (secondary N) is 1. The lowest BCUT2D eigenvalue weighted by atomic mass is 10.3. The van der Waals surface area contributed by atoms with Crippen molar-refractivity contribution in [3.05, 3.63) is 36.2 Å². The van der Waals surface area contributed by atoms with Crippen molar-refractivity contribution in [3.8, 4) is 0 Å². The number of nitrogens with zero attached hydrogens (tertiary/aromatic N) is 3. The highest BCUT2D eigenvalue weighted by atomic mass is 32.2. The minimum atomic E-state index is -3.85. The van der Waals surface area contributed by atoms with Crippen molar-refractivity contribution < 1.29 is 12.8 Å². The van der Waals surface area contributed by atoms with Crippen molar-refractivity contribution in [3.63, 3.8) is 0 Å². The maximum Gasteiger partial charge on any atom is 0.242 e. The molecule has 0 aliphatic carbocycles. The van der Waals surface area contributed by atoms with Crippen LogP contribution in [0.25, 0.3) is 0 Å². The molecule has 0 fully saturated rings. The molecule has 0 spiro atoms. The first-order valence-electron chi connectivity index (χ1n) is 5.78. The Balaban J connectivity index is 2.06. The second-order valence-electron chi connectivity index (χ2n) is 4.13. The van der Waals surface area contributed by atoms with Crippen molar-refractivity contribution >= 4 is 15.7 Å². The summed E-state index contributed by atoms with van der Waals surface area (Å²) in [5.41, 5.74) is 5.04. The average molecular weight is 299 g/mol. The van der Waals surface area contributed by atoms with Gasteiger partial charge in [0.05, 0.1) is 5.69 Å². The molecule has 0 saturated carbocycles. The molecule has 0 saturated heterocycles. The van der Waals surface area contributed by atoms with Gasteiger partial charge in [-0.05, 0) is 12.1 Å². The van der Waals surface area contributed by atoms with Crippen LogP contribution in [0.3, 0.4) is 0 Å². The Kier molecular flexibility index (Phi) is 4.00. The molecule has 2 rings (SSSR count). The molecule has 108 valence electrons. The summed E-state index contributed by atoms with van der Waals surface area (Å²) < 4.78 is 41.1. The van der Waals surface area contributed by atoms with Crippen LogP contribution in [-0.4, -0.2) is 29.7 Å². The number of benzene rings is 1. The molecule has 0 radical (unpaired) electrons. The SMILES string of the molecule is Cn1cnc(CCNS(=O)(=O)c2cccc(F)c2N)n1. The van der Waals surface area contributed by atoms with E-state index < -0.39 is 21.5 Å². The summed E-state index contributed by atoms with van der Waals surface area (Å²) in [7, 11) is -2.14. The molecule has 1 aromatic carbocycles. The lowest BCUT2D eigenvalue weighted by Gasteiger charge is -2.08. The Morgan fingerprint density at radius 1 is 1.45 bits per heavy atom. The summed E-state index contributed by atoms with van der Waals surface area (Å²) >= 11 is 0. The highest BCUT2D eigenvalue weighted by Gasteiger charge is 2.19. The van der Waals surface area contributed by atoms with Gasteiger partial charge in [0.1, 0.15) is 17.0 Å². The second-order valence-corrected chi connectivity index (χ2v) is 5.87. The highest BCUT2D eigenvalue weighted by molar-refractivity contribution is 7.89. The van der Waals surface area contributed by atoms with Gasteiger partial charge < -0.3 is 5.73 Å². The first kappa shape index (κ1) is 14.4. The molecule has 0 aliphatic rings. The predicted molar refractivity (Wildman–Crippen MR) is 70.7 cm³/mol. The van der Waals surface area contributed by atoms with Crippen LogP contribution in [0, 0.1) is 5.82 Å². The molecule has 0 atom stereocenters. The lowest BCUT2D eigenvalue weighted by Crippen LogP contribution is -2.27. The summed E-state index contributed by atoms with van der Waals surface area (Å²) in [4.78, 5) is 3.70. The normalized spacial score (nSPS) is 11.7. The third-order valence-corrected chi connectivity index (χ3v) is 4.11. The minimum absolute atomic E-state index is 0.0995. The molecule has 1 aromatic heterocycles. The monoisotopic (exact) mass is 299 g/mol. The zero-order valence-electron chi connectivity index (χ0n) is 10.7. The molecule has 20 heavy (non-hydrogen) atoms. The number of sulfonamides is 1. The fourth-order valence-corrected chi connectivity index (χ4v) is 2.80. The standard InChI is InChI=1S/C11H14FN5O2S/c1-17-7-14-10(16-17)5-6-15-20(18,19)9-4-2-3-8(12)11(9)13/h2-4,7,15H,5-6,13H2,1H3. The first-order valence-corrected chi connectivity index (χ1v) is 7.26. The van der Waals surface area contributed by atoms with Gasteiger partial charge in [0, 0.05) is 20.0 Å². The number of halogens is 1. The zero-order chi connectivity index (χ0) is 14.8. The van der Waals surface area contributed by atoms with E-state index in [1.165, 1.54) is 23.1 Å². The van der Waals surface area contributed by atoms with Gasteiger partial charge in [-0.2, -0.15) is 5.10 Å². The van der Waals surface area contributed by atoms with Crippen molar-refractivity contribution in [2.45, 2.75) is 11.3 Å². The molecule has 9 heteroatoms. The molecule has 1 heterocycles. The fourth-order valence-electron chi connectivity index (χ4n) is 1.62. The van der Waals surface area contributed by atoms with Crippen molar-refractivity contribution in [2.75, 3.05) is 12.3 Å². The van der Waals surface area contributed by atoms with Gasteiger partial charge in [-0.3, -0.25) is 4.68 Å². The third kappa shape index (κ3) is 3.11. The van der Waals surface area contributed by atoms with Crippen LogP contribution in [-0.2, 0) is 23.5 Å². The van der Waals surface area contributed by atoms with Crippen LogP contribution in [0.4, 0.5) is 10.1 Å². The Morgan fingerprint density at radius 2 is 2.20 bits per heavy atom. The Labute approximate surface area is 115 Å². The molecular formula is C11H14FN5O2S. The van der Waals surface area contributed by atoms with E-state index in [-0.39, 0.29) is 11.4 Å². The smallest absolute Gasteiger partial charge is 0.242 e. The summed E-state index contributed by atoms with van der Waals surface area (Å²) in [6, 6.07) is 3.65. The number of anilines is 1. The van der Waals surface area contributed by atoms with Crippen molar-refractivity contribution in [1.29, 1.82) is 0 Å². The molecule has 0 bridgehead atoms. The number of nitrogen functional groups attached to an aromatic ring is 1. The van der Waals surface area contributed by atoms with Crippen LogP contribution < -0.4 is 10.5 Å². The number of aryl methyl sites for hydroxylation is 1. The van der Waals surface area contributed by atoms with E-state index in [0.717, 1.165) is 6.07 Å². The van der Waals surface area contributed by atoms with Crippen LogP contribution >= 0.6 is 0 Å². The lowest BCUT2D eigenvalue weighted by molar-refractivity contribution is 0.578. The van der Waals surface area contributed by atoms with Gasteiger partial charge in [0.2, 0.25) is 10.0 Å². The molecule has 3 N–H and O–H groups in total. The van der Waals surface area contributed by atoms with Gasteiger partial charge in [0.15, 0.2) is 5.82 Å². The topological polar surface area (TPSA) is 103 Å².